The van der Waals surface area contributed by atoms with Crippen LogP contribution in [0.25, 0.3) is 0 Å². The zero-order valence-corrected chi connectivity index (χ0v) is 16.0. The van der Waals surface area contributed by atoms with Gasteiger partial charge in [-0.3, -0.25) is 4.79 Å². The fraction of sp³-hybridized carbons (Fsp3) is 0.650. The van der Waals surface area contributed by atoms with Crippen molar-refractivity contribution in [2.45, 2.75) is 39.7 Å². The van der Waals surface area contributed by atoms with Crippen LogP contribution in [0.15, 0.2) is 24.3 Å². The van der Waals surface area contributed by atoms with Crippen molar-refractivity contribution in [1.29, 1.82) is 0 Å². The molecule has 2 atom stereocenters. The molecule has 4 heteroatoms. The van der Waals surface area contributed by atoms with Crippen molar-refractivity contribution in [2.24, 2.45) is 5.92 Å². The van der Waals surface area contributed by atoms with E-state index in [1.165, 1.54) is 18.5 Å². The monoisotopic (exact) mass is 331 g/mol. The Balaban J connectivity index is 2.08. The highest BCUT2D eigenvalue weighted by atomic mass is 16.2. The lowest BCUT2D eigenvalue weighted by atomic mass is 9.98. The first-order chi connectivity index (χ1) is 11.5. The van der Waals surface area contributed by atoms with E-state index >= 15 is 0 Å². The van der Waals surface area contributed by atoms with Crippen molar-refractivity contribution in [2.75, 3.05) is 45.2 Å². The van der Waals surface area contributed by atoms with Crippen LogP contribution < -0.4 is 4.90 Å². The van der Waals surface area contributed by atoms with Gasteiger partial charge in [0.1, 0.15) is 0 Å². The zero-order valence-electron chi connectivity index (χ0n) is 16.0. The summed E-state index contributed by atoms with van der Waals surface area (Å²) >= 11 is 0. The molecular weight excluding hydrogens is 298 g/mol. The van der Waals surface area contributed by atoms with E-state index in [0.29, 0.717) is 12.0 Å². The number of hydrogen-bond donors (Lipinski definition) is 0. The maximum Gasteiger partial charge on any atom is 0.253 e. The third-order valence-corrected chi connectivity index (χ3v) is 5.26. The zero-order chi connectivity index (χ0) is 17.7. The molecule has 2 unspecified atom stereocenters. The van der Waals surface area contributed by atoms with Crippen LogP contribution in [-0.2, 0) is 0 Å². The van der Waals surface area contributed by atoms with E-state index in [1.807, 2.05) is 17.0 Å². The van der Waals surface area contributed by atoms with Crippen LogP contribution in [-0.4, -0.2) is 62.0 Å². The van der Waals surface area contributed by atoms with Crippen LogP contribution in [0.3, 0.4) is 0 Å². The minimum absolute atomic E-state index is 0.173. The summed E-state index contributed by atoms with van der Waals surface area (Å²) in [5.74, 6) is 0.760. The van der Waals surface area contributed by atoms with Gasteiger partial charge in [-0.2, -0.15) is 0 Å². The first-order valence-electron chi connectivity index (χ1n) is 9.32. The van der Waals surface area contributed by atoms with Gasteiger partial charge in [-0.25, -0.2) is 0 Å². The van der Waals surface area contributed by atoms with Crippen molar-refractivity contribution in [3.63, 3.8) is 0 Å². The summed E-state index contributed by atoms with van der Waals surface area (Å²) in [5, 5.41) is 0. The number of hydrogen-bond acceptors (Lipinski definition) is 3. The number of likely N-dealkylation sites (N-methyl/N-ethyl adjacent to an activating group) is 1. The second-order valence-electron chi connectivity index (χ2n) is 7.01. The van der Waals surface area contributed by atoms with Gasteiger partial charge in [0.2, 0.25) is 0 Å². The first kappa shape index (κ1) is 18.8. The topological polar surface area (TPSA) is 26.8 Å². The van der Waals surface area contributed by atoms with Gasteiger partial charge in [-0.15, -0.1) is 0 Å². The van der Waals surface area contributed by atoms with Crippen molar-refractivity contribution in [1.82, 2.24) is 9.80 Å². The Morgan fingerprint density at radius 3 is 2.21 bits per heavy atom. The summed E-state index contributed by atoms with van der Waals surface area (Å²) in [6.45, 7) is 10.2. The largest absolute Gasteiger partial charge is 0.372 e. The number of nitrogens with zero attached hydrogens (tertiary/aromatic N) is 3. The lowest BCUT2D eigenvalue weighted by molar-refractivity contribution is 0.0781. The van der Waals surface area contributed by atoms with Gasteiger partial charge < -0.3 is 14.7 Å². The van der Waals surface area contributed by atoms with Crippen molar-refractivity contribution >= 4 is 11.6 Å². The van der Waals surface area contributed by atoms with Crippen LogP contribution in [0.2, 0.25) is 0 Å². The average molecular weight is 332 g/mol. The van der Waals surface area contributed by atoms with E-state index in [-0.39, 0.29) is 5.91 Å². The van der Waals surface area contributed by atoms with Crippen LogP contribution in [0.4, 0.5) is 5.69 Å². The molecule has 1 fully saturated rings. The van der Waals surface area contributed by atoms with Crippen molar-refractivity contribution in [3.8, 4) is 0 Å². The van der Waals surface area contributed by atoms with Gasteiger partial charge in [0.25, 0.3) is 5.91 Å². The molecule has 0 aliphatic carbocycles. The van der Waals surface area contributed by atoms with Crippen LogP contribution >= 0.6 is 0 Å². The lowest BCUT2D eigenvalue weighted by Crippen LogP contribution is -2.36. The number of carbonyl (C=O) groups excluding carboxylic acids is 1. The van der Waals surface area contributed by atoms with E-state index in [2.05, 4.69) is 56.8 Å². The molecule has 1 amide bonds. The van der Waals surface area contributed by atoms with E-state index in [9.17, 15) is 4.79 Å². The molecule has 1 aromatic carbocycles. The molecule has 1 saturated heterocycles. The first-order valence-corrected chi connectivity index (χ1v) is 9.32. The molecule has 0 aromatic heterocycles. The van der Waals surface area contributed by atoms with E-state index < -0.39 is 0 Å². The fourth-order valence-electron chi connectivity index (χ4n) is 3.85. The number of anilines is 1. The second-order valence-corrected chi connectivity index (χ2v) is 7.01. The Morgan fingerprint density at radius 1 is 1.08 bits per heavy atom. The van der Waals surface area contributed by atoms with Crippen molar-refractivity contribution in [3.05, 3.63) is 29.8 Å². The van der Waals surface area contributed by atoms with Crippen LogP contribution in [0, 0.1) is 5.92 Å². The van der Waals surface area contributed by atoms with E-state index in [1.54, 1.807) is 0 Å². The Kier molecular flexibility index (Phi) is 6.67. The highest BCUT2D eigenvalue weighted by molar-refractivity contribution is 5.94. The second kappa shape index (κ2) is 8.52. The van der Waals surface area contributed by atoms with E-state index in [4.69, 9.17) is 0 Å². The fourth-order valence-corrected chi connectivity index (χ4v) is 3.85. The molecule has 4 nitrogen and oxygen atoms in total. The highest BCUT2D eigenvalue weighted by Crippen LogP contribution is 2.26. The molecule has 0 saturated carbocycles. The Bertz CT molecular complexity index is 522. The average Bonchev–Trinajstić information content (AvgIpc) is 3.00. The minimum Gasteiger partial charge on any atom is -0.372 e. The molecule has 0 spiro atoms. The summed E-state index contributed by atoms with van der Waals surface area (Å²) in [7, 11) is 4.25. The Hall–Kier alpha value is -1.55. The molecular formula is C20H33N3O. The molecule has 134 valence electrons. The molecule has 1 aromatic rings. The predicted molar refractivity (Wildman–Crippen MR) is 102 cm³/mol. The molecule has 1 aliphatic rings. The summed E-state index contributed by atoms with van der Waals surface area (Å²) in [5.41, 5.74) is 1.99. The van der Waals surface area contributed by atoms with Gasteiger partial charge in [0.05, 0.1) is 0 Å². The number of benzene rings is 1. The highest BCUT2D eigenvalue weighted by Gasteiger charge is 2.35. The maximum atomic E-state index is 12.9. The van der Waals surface area contributed by atoms with Gasteiger partial charge >= 0.3 is 0 Å². The number of likely N-dealkylation sites (tertiary alicyclic amines) is 1. The van der Waals surface area contributed by atoms with Gasteiger partial charge in [0, 0.05) is 43.5 Å². The lowest BCUT2D eigenvalue weighted by Gasteiger charge is -2.24. The molecule has 1 heterocycles. The molecule has 1 aliphatic heterocycles. The maximum absolute atomic E-state index is 12.9. The summed E-state index contributed by atoms with van der Waals surface area (Å²) in [4.78, 5) is 19.5. The SMILES string of the molecule is CCCC1CN(C(=O)c2ccc(N(CC)CC)cc2)CC1N(C)C. The normalized spacial score (nSPS) is 20.7. The summed E-state index contributed by atoms with van der Waals surface area (Å²) in [6, 6.07) is 8.58. The Morgan fingerprint density at radius 2 is 1.71 bits per heavy atom. The number of rotatable bonds is 7. The van der Waals surface area contributed by atoms with Gasteiger partial charge in [-0.1, -0.05) is 13.3 Å². The van der Waals surface area contributed by atoms with Crippen LogP contribution in [0.5, 0.6) is 0 Å². The number of amides is 1. The molecule has 0 bridgehead atoms. The Labute approximate surface area is 147 Å². The third kappa shape index (κ3) is 4.10. The molecule has 2 rings (SSSR count). The molecule has 0 radical (unpaired) electrons. The quantitative estimate of drug-likeness (QED) is 0.767. The predicted octanol–water partition coefficient (Wildman–Crippen LogP) is 3.34. The van der Waals surface area contributed by atoms with Gasteiger partial charge in [-0.05, 0) is 64.5 Å². The molecule has 0 N–H and O–H groups in total. The van der Waals surface area contributed by atoms with Crippen LogP contribution in [0.1, 0.15) is 44.0 Å². The standard InChI is InChI=1S/C20H33N3O/c1-6-9-17-14-23(15-19(17)21(4)5)20(24)16-10-12-18(13-11-16)22(7-2)8-3/h10-13,17,19H,6-9,14-15H2,1-5H3. The summed E-state index contributed by atoms with van der Waals surface area (Å²) in [6.07, 6.45) is 2.36. The third-order valence-electron chi connectivity index (χ3n) is 5.26. The summed E-state index contributed by atoms with van der Waals surface area (Å²) < 4.78 is 0. The number of carbonyl (C=O) groups is 1. The molecule has 24 heavy (non-hydrogen) atoms. The minimum atomic E-state index is 0.173. The smallest absolute Gasteiger partial charge is 0.253 e. The van der Waals surface area contributed by atoms with Crippen molar-refractivity contribution < 1.29 is 4.79 Å². The van der Waals surface area contributed by atoms with E-state index in [0.717, 1.165) is 31.7 Å². The van der Waals surface area contributed by atoms with Gasteiger partial charge in [0.15, 0.2) is 0 Å².